The molecule has 0 aliphatic carbocycles. The number of para-hydroxylation sites is 1. The smallest absolute Gasteiger partial charge is 0.258 e. The summed E-state index contributed by atoms with van der Waals surface area (Å²) in [5.41, 5.74) is 2.32. The zero-order chi connectivity index (χ0) is 24.0. The van der Waals surface area contributed by atoms with Crippen molar-refractivity contribution < 1.29 is 19.0 Å². The van der Waals surface area contributed by atoms with E-state index in [0.717, 1.165) is 43.2 Å². The Morgan fingerprint density at radius 1 is 0.943 bits per heavy atom. The molecule has 0 spiro atoms. The maximum absolute atomic E-state index is 12.6. The van der Waals surface area contributed by atoms with Gasteiger partial charge in [-0.1, -0.05) is 35.9 Å². The third kappa shape index (κ3) is 5.81. The van der Waals surface area contributed by atoms with Crippen molar-refractivity contribution in [2.45, 2.75) is 6.04 Å². The van der Waals surface area contributed by atoms with Crippen LogP contribution in [-0.2, 0) is 4.79 Å². The molecule has 1 N–H and O–H groups in total. The summed E-state index contributed by atoms with van der Waals surface area (Å²) in [6.07, 6.45) is 0. The molecule has 2 heterocycles. The zero-order valence-electron chi connectivity index (χ0n) is 19.4. The van der Waals surface area contributed by atoms with E-state index in [9.17, 15) is 4.79 Å². The molecule has 2 aliphatic heterocycles. The molecular formula is C27H28ClN3O4. The predicted molar refractivity (Wildman–Crippen MR) is 135 cm³/mol. The van der Waals surface area contributed by atoms with Crippen LogP contribution in [0.1, 0.15) is 11.6 Å². The number of carbonyl (C=O) groups is 1. The van der Waals surface area contributed by atoms with Crippen LogP contribution in [0.25, 0.3) is 0 Å². The Bertz CT molecular complexity index is 1130. The van der Waals surface area contributed by atoms with Gasteiger partial charge < -0.3 is 24.4 Å². The summed E-state index contributed by atoms with van der Waals surface area (Å²) in [7, 11) is 0. The Labute approximate surface area is 210 Å². The SMILES string of the molecule is O=C(COc1ccc(Cl)cc1)NC[C@H](c1ccc2c(c1)OCO2)N1CCN(c2ccccc2)CC1. The first-order valence-corrected chi connectivity index (χ1v) is 12.1. The minimum atomic E-state index is -0.173. The van der Waals surface area contributed by atoms with Crippen LogP contribution >= 0.6 is 11.6 Å². The second kappa shape index (κ2) is 10.9. The van der Waals surface area contributed by atoms with Crippen LogP contribution in [-0.4, -0.2) is 56.9 Å². The highest BCUT2D eigenvalue weighted by Crippen LogP contribution is 2.35. The number of halogens is 1. The summed E-state index contributed by atoms with van der Waals surface area (Å²) >= 11 is 5.91. The Balaban J connectivity index is 1.24. The van der Waals surface area contributed by atoms with Crippen molar-refractivity contribution in [1.29, 1.82) is 0 Å². The highest BCUT2D eigenvalue weighted by Gasteiger charge is 2.27. The quantitative estimate of drug-likeness (QED) is 0.509. The Morgan fingerprint density at radius 2 is 1.69 bits per heavy atom. The second-order valence-electron chi connectivity index (χ2n) is 8.53. The maximum Gasteiger partial charge on any atom is 0.258 e. The van der Waals surface area contributed by atoms with Crippen LogP contribution < -0.4 is 24.4 Å². The van der Waals surface area contributed by atoms with E-state index in [1.807, 2.05) is 18.2 Å². The molecule has 7 nitrogen and oxygen atoms in total. The van der Waals surface area contributed by atoms with Gasteiger partial charge in [0, 0.05) is 43.4 Å². The molecule has 0 aromatic heterocycles. The van der Waals surface area contributed by atoms with Crippen LogP contribution in [0, 0.1) is 0 Å². The van der Waals surface area contributed by atoms with Crippen LogP contribution in [0.5, 0.6) is 17.2 Å². The largest absolute Gasteiger partial charge is 0.484 e. The van der Waals surface area contributed by atoms with Gasteiger partial charge in [0.15, 0.2) is 18.1 Å². The maximum atomic E-state index is 12.6. The lowest BCUT2D eigenvalue weighted by Gasteiger charge is -2.40. The lowest BCUT2D eigenvalue weighted by molar-refractivity contribution is -0.123. The van der Waals surface area contributed by atoms with E-state index >= 15 is 0 Å². The number of piperazine rings is 1. The Hall–Kier alpha value is -3.42. The number of nitrogens with one attached hydrogen (secondary N) is 1. The van der Waals surface area contributed by atoms with E-state index in [0.29, 0.717) is 17.3 Å². The van der Waals surface area contributed by atoms with Crippen molar-refractivity contribution in [3.05, 3.63) is 83.4 Å². The summed E-state index contributed by atoms with van der Waals surface area (Å²) < 4.78 is 16.7. The van der Waals surface area contributed by atoms with Crippen LogP contribution in [0.2, 0.25) is 5.02 Å². The first-order valence-electron chi connectivity index (χ1n) is 11.7. The molecule has 35 heavy (non-hydrogen) atoms. The van der Waals surface area contributed by atoms with Crippen molar-refractivity contribution in [1.82, 2.24) is 10.2 Å². The molecule has 1 fully saturated rings. The molecule has 0 saturated carbocycles. The average Bonchev–Trinajstić information content (AvgIpc) is 3.37. The topological polar surface area (TPSA) is 63.3 Å². The second-order valence-corrected chi connectivity index (χ2v) is 8.97. The molecule has 8 heteroatoms. The Morgan fingerprint density at radius 3 is 2.46 bits per heavy atom. The number of fused-ring (bicyclic) bond motifs is 1. The monoisotopic (exact) mass is 493 g/mol. The molecule has 1 saturated heterocycles. The molecule has 0 bridgehead atoms. The molecule has 2 aliphatic rings. The van der Waals surface area contributed by atoms with Gasteiger partial charge in [0.2, 0.25) is 6.79 Å². The standard InChI is InChI=1S/C27H28ClN3O4/c28-21-7-9-23(10-8-21)33-18-27(32)29-17-24(20-6-11-25-26(16-20)35-19-34-25)31-14-12-30(13-15-31)22-4-2-1-3-5-22/h1-11,16,24H,12-15,17-19H2,(H,29,32)/t24-/m1/s1. The van der Waals surface area contributed by atoms with Gasteiger partial charge in [-0.25, -0.2) is 0 Å². The van der Waals surface area contributed by atoms with Gasteiger partial charge in [-0.2, -0.15) is 0 Å². The first-order chi connectivity index (χ1) is 17.2. The number of hydrogen-bond acceptors (Lipinski definition) is 6. The van der Waals surface area contributed by atoms with E-state index in [2.05, 4.69) is 45.4 Å². The highest BCUT2D eigenvalue weighted by atomic mass is 35.5. The van der Waals surface area contributed by atoms with E-state index in [4.69, 9.17) is 25.8 Å². The minimum absolute atomic E-state index is 0.00176. The van der Waals surface area contributed by atoms with Gasteiger partial charge in [-0.3, -0.25) is 9.69 Å². The number of hydrogen-bond donors (Lipinski definition) is 1. The fraction of sp³-hybridized carbons (Fsp3) is 0.296. The van der Waals surface area contributed by atoms with Crippen molar-refractivity contribution in [3.63, 3.8) is 0 Å². The van der Waals surface area contributed by atoms with Crippen molar-refractivity contribution in [2.24, 2.45) is 0 Å². The number of rotatable bonds is 8. The molecule has 182 valence electrons. The summed E-state index contributed by atoms with van der Waals surface area (Å²) in [6.45, 7) is 4.23. The average molecular weight is 494 g/mol. The van der Waals surface area contributed by atoms with Crippen molar-refractivity contribution in [3.8, 4) is 17.2 Å². The molecule has 3 aromatic rings. The first kappa shape index (κ1) is 23.3. The fourth-order valence-electron chi connectivity index (χ4n) is 4.45. The zero-order valence-corrected chi connectivity index (χ0v) is 20.1. The van der Waals surface area contributed by atoms with Gasteiger partial charge in [0.1, 0.15) is 5.75 Å². The van der Waals surface area contributed by atoms with Crippen LogP contribution in [0.15, 0.2) is 72.8 Å². The molecule has 1 atom stereocenters. The lowest BCUT2D eigenvalue weighted by Crippen LogP contribution is -2.50. The van der Waals surface area contributed by atoms with Crippen LogP contribution in [0.4, 0.5) is 5.69 Å². The predicted octanol–water partition coefficient (Wildman–Crippen LogP) is 4.13. The van der Waals surface area contributed by atoms with Crippen molar-refractivity contribution >= 4 is 23.2 Å². The third-order valence-electron chi connectivity index (χ3n) is 6.33. The lowest BCUT2D eigenvalue weighted by atomic mass is 10.0. The summed E-state index contributed by atoms with van der Waals surface area (Å²) in [4.78, 5) is 17.4. The van der Waals surface area contributed by atoms with E-state index in [-0.39, 0.29) is 25.3 Å². The molecule has 0 radical (unpaired) electrons. The number of benzene rings is 3. The number of carbonyl (C=O) groups excluding carboxylic acids is 1. The molecule has 3 aromatic carbocycles. The van der Waals surface area contributed by atoms with Gasteiger partial charge in [-0.15, -0.1) is 0 Å². The third-order valence-corrected chi connectivity index (χ3v) is 6.59. The van der Waals surface area contributed by atoms with Gasteiger partial charge in [-0.05, 0) is 54.1 Å². The highest BCUT2D eigenvalue weighted by molar-refractivity contribution is 6.30. The van der Waals surface area contributed by atoms with Gasteiger partial charge in [0.25, 0.3) is 5.91 Å². The van der Waals surface area contributed by atoms with E-state index < -0.39 is 0 Å². The molecular weight excluding hydrogens is 466 g/mol. The number of amides is 1. The van der Waals surface area contributed by atoms with E-state index in [1.165, 1.54) is 5.69 Å². The van der Waals surface area contributed by atoms with Gasteiger partial charge >= 0.3 is 0 Å². The molecule has 5 rings (SSSR count). The fourth-order valence-corrected chi connectivity index (χ4v) is 4.58. The molecule has 0 unspecified atom stereocenters. The van der Waals surface area contributed by atoms with Gasteiger partial charge in [0.05, 0.1) is 6.04 Å². The number of anilines is 1. The summed E-state index contributed by atoms with van der Waals surface area (Å²) in [6, 6.07) is 23.4. The summed E-state index contributed by atoms with van der Waals surface area (Å²) in [5, 5.41) is 3.68. The minimum Gasteiger partial charge on any atom is -0.484 e. The number of ether oxygens (including phenoxy) is 3. The van der Waals surface area contributed by atoms with Crippen molar-refractivity contribution in [2.75, 3.05) is 51.0 Å². The van der Waals surface area contributed by atoms with Crippen LogP contribution in [0.3, 0.4) is 0 Å². The summed E-state index contributed by atoms with van der Waals surface area (Å²) in [5.74, 6) is 1.93. The van der Waals surface area contributed by atoms with E-state index in [1.54, 1.807) is 24.3 Å². The number of nitrogens with zero attached hydrogens (tertiary/aromatic N) is 2. The Kier molecular flexibility index (Phi) is 7.25. The normalized spacial score (nSPS) is 16.1. The molecule has 1 amide bonds.